The first-order chi connectivity index (χ1) is 7.74. The van der Waals surface area contributed by atoms with E-state index in [2.05, 4.69) is 38.1 Å². The quantitative estimate of drug-likeness (QED) is 0.808. The molecule has 0 saturated heterocycles. The van der Waals surface area contributed by atoms with Crippen molar-refractivity contribution in [3.8, 4) is 11.1 Å². The monoisotopic (exact) mass is 212 g/mol. The van der Waals surface area contributed by atoms with Crippen molar-refractivity contribution in [1.82, 2.24) is 0 Å². The Balaban J connectivity index is 2.62. The summed E-state index contributed by atoms with van der Waals surface area (Å²) in [5.41, 5.74) is 5.74. The first-order valence-electron chi connectivity index (χ1n) is 5.49. The largest absolute Gasteiger partial charge is 0.392 e. The fourth-order valence-electron chi connectivity index (χ4n) is 1.97. The number of aryl methyl sites for hydroxylation is 1. The van der Waals surface area contributed by atoms with Gasteiger partial charge >= 0.3 is 0 Å². The van der Waals surface area contributed by atoms with Gasteiger partial charge in [-0.2, -0.15) is 0 Å². The molecular weight excluding hydrogens is 196 g/mol. The molecule has 16 heavy (non-hydrogen) atoms. The molecule has 0 amide bonds. The molecule has 1 nitrogen and oxygen atoms in total. The van der Waals surface area contributed by atoms with Crippen LogP contribution in [0.15, 0.2) is 42.5 Å². The minimum Gasteiger partial charge on any atom is -0.392 e. The van der Waals surface area contributed by atoms with Crippen LogP contribution >= 0.6 is 0 Å². The normalized spacial score (nSPS) is 10.4. The summed E-state index contributed by atoms with van der Waals surface area (Å²) in [5, 5.41) is 9.49. The molecule has 0 aromatic heterocycles. The van der Waals surface area contributed by atoms with Gasteiger partial charge in [-0.1, -0.05) is 42.5 Å². The van der Waals surface area contributed by atoms with Crippen LogP contribution in [0.3, 0.4) is 0 Å². The van der Waals surface area contributed by atoms with Crippen LogP contribution in [0.2, 0.25) is 0 Å². The number of rotatable bonds is 2. The molecule has 2 aromatic carbocycles. The van der Waals surface area contributed by atoms with Gasteiger partial charge in [0.1, 0.15) is 0 Å². The topological polar surface area (TPSA) is 20.2 Å². The minimum absolute atomic E-state index is 0.0950. The molecule has 0 fully saturated rings. The Morgan fingerprint density at radius 2 is 1.62 bits per heavy atom. The molecule has 1 N–H and O–H groups in total. The summed E-state index contributed by atoms with van der Waals surface area (Å²) in [7, 11) is 0. The van der Waals surface area contributed by atoms with E-state index in [1.54, 1.807) is 0 Å². The van der Waals surface area contributed by atoms with Gasteiger partial charge in [-0.3, -0.25) is 0 Å². The molecule has 0 atom stereocenters. The number of benzene rings is 2. The van der Waals surface area contributed by atoms with Gasteiger partial charge in [0.2, 0.25) is 0 Å². The third-order valence-corrected chi connectivity index (χ3v) is 3.11. The van der Waals surface area contributed by atoms with Crippen LogP contribution in [0.5, 0.6) is 0 Å². The molecule has 82 valence electrons. The molecule has 2 aromatic rings. The average Bonchev–Trinajstić information content (AvgIpc) is 2.33. The molecule has 0 aliphatic heterocycles. The Hall–Kier alpha value is -1.60. The standard InChI is InChI=1S/C15H16O/c1-11-8-9-14(15(10-16)12(11)2)13-6-4-3-5-7-13/h3-9,16H,10H2,1-2H3. The fraction of sp³-hybridized carbons (Fsp3) is 0.200. The van der Waals surface area contributed by atoms with E-state index in [-0.39, 0.29) is 6.61 Å². The van der Waals surface area contributed by atoms with E-state index in [1.807, 2.05) is 18.2 Å². The van der Waals surface area contributed by atoms with Crippen molar-refractivity contribution in [2.75, 3.05) is 0 Å². The highest BCUT2D eigenvalue weighted by Crippen LogP contribution is 2.27. The third-order valence-electron chi connectivity index (χ3n) is 3.11. The van der Waals surface area contributed by atoms with Crippen LogP contribution in [0, 0.1) is 13.8 Å². The maximum atomic E-state index is 9.49. The maximum Gasteiger partial charge on any atom is 0.0690 e. The van der Waals surface area contributed by atoms with E-state index in [0.29, 0.717) is 0 Å². The second kappa shape index (κ2) is 4.50. The number of hydrogen-bond acceptors (Lipinski definition) is 1. The van der Waals surface area contributed by atoms with Crippen molar-refractivity contribution in [2.45, 2.75) is 20.5 Å². The molecule has 0 unspecified atom stereocenters. The summed E-state index contributed by atoms with van der Waals surface area (Å²) in [6, 6.07) is 14.4. The Bertz CT molecular complexity index is 486. The molecular formula is C15H16O. The van der Waals surface area contributed by atoms with E-state index >= 15 is 0 Å². The van der Waals surface area contributed by atoms with E-state index in [0.717, 1.165) is 16.7 Å². The molecule has 1 heteroatoms. The number of hydrogen-bond donors (Lipinski definition) is 1. The smallest absolute Gasteiger partial charge is 0.0690 e. The summed E-state index contributed by atoms with van der Waals surface area (Å²) in [5.74, 6) is 0. The third kappa shape index (κ3) is 1.86. The zero-order chi connectivity index (χ0) is 11.5. The van der Waals surface area contributed by atoms with Gasteiger partial charge in [-0.15, -0.1) is 0 Å². The molecule has 0 bridgehead atoms. The zero-order valence-electron chi connectivity index (χ0n) is 9.70. The van der Waals surface area contributed by atoms with Crippen LogP contribution in [0.1, 0.15) is 16.7 Å². The average molecular weight is 212 g/mol. The van der Waals surface area contributed by atoms with E-state index in [4.69, 9.17) is 0 Å². The van der Waals surface area contributed by atoms with Gasteiger partial charge in [0.05, 0.1) is 6.61 Å². The number of aliphatic hydroxyl groups is 1. The lowest BCUT2D eigenvalue weighted by atomic mass is 9.93. The highest BCUT2D eigenvalue weighted by molar-refractivity contribution is 5.69. The van der Waals surface area contributed by atoms with Gasteiger partial charge in [-0.25, -0.2) is 0 Å². The van der Waals surface area contributed by atoms with Crippen LogP contribution in [0.4, 0.5) is 0 Å². The van der Waals surface area contributed by atoms with E-state index in [9.17, 15) is 5.11 Å². The lowest BCUT2D eigenvalue weighted by molar-refractivity contribution is 0.281. The summed E-state index contributed by atoms with van der Waals surface area (Å²) in [6.45, 7) is 4.23. The molecule has 0 aliphatic carbocycles. The van der Waals surface area contributed by atoms with E-state index < -0.39 is 0 Å². The Labute approximate surface area is 96.4 Å². The van der Waals surface area contributed by atoms with Gasteiger partial charge < -0.3 is 5.11 Å². The van der Waals surface area contributed by atoms with E-state index in [1.165, 1.54) is 11.1 Å². The summed E-state index contributed by atoms with van der Waals surface area (Å²) in [6.07, 6.45) is 0. The summed E-state index contributed by atoms with van der Waals surface area (Å²) < 4.78 is 0. The molecule has 0 aliphatic rings. The lowest BCUT2D eigenvalue weighted by Gasteiger charge is -2.13. The predicted octanol–water partition coefficient (Wildman–Crippen LogP) is 3.46. The van der Waals surface area contributed by atoms with Crippen molar-refractivity contribution in [3.63, 3.8) is 0 Å². The summed E-state index contributed by atoms with van der Waals surface area (Å²) in [4.78, 5) is 0. The predicted molar refractivity (Wildman–Crippen MR) is 67.3 cm³/mol. The van der Waals surface area contributed by atoms with Gasteiger partial charge in [0, 0.05) is 0 Å². The molecule has 0 saturated carbocycles. The SMILES string of the molecule is Cc1ccc(-c2ccccc2)c(CO)c1C. The number of aliphatic hydroxyl groups excluding tert-OH is 1. The van der Waals surface area contributed by atoms with Crippen molar-refractivity contribution < 1.29 is 5.11 Å². The van der Waals surface area contributed by atoms with Crippen LogP contribution < -0.4 is 0 Å². The minimum atomic E-state index is 0.0950. The van der Waals surface area contributed by atoms with Crippen molar-refractivity contribution >= 4 is 0 Å². The van der Waals surface area contributed by atoms with Crippen molar-refractivity contribution in [2.24, 2.45) is 0 Å². The van der Waals surface area contributed by atoms with Gasteiger partial charge in [0.25, 0.3) is 0 Å². The molecule has 0 spiro atoms. The van der Waals surface area contributed by atoms with Gasteiger partial charge in [-0.05, 0) is 41.7 Å². The first-order valence-corrected chi connectivity index (χ1v) is 5.49. The van der Waals surface area contributed by atoms with Crippen LogP contribution in [-0.4, -0.2) is 5.11 Å². The Kier molecular flexibility index (Phi) is 3.07. The Morgan fingerprint density at radius 1 is 0.938 bits per heavy atom. The van der Waals surface area contributed by atoms with Crippen LogP contribution in [-0.2, 0) is 6.61 Å². The highest BCUT2D eigenvalue weighted by atomic mass is 16.3. The van der Waals surface area contributed by atoms with Crippen LogP contribution in [0.25, 0.3) is 11.1 Å². The molecule has 0 radical (unpaired) electrons. The van der Waals surface area contributed by atoms with Crippen molar-refractivity contribution in [3.05, 3.63) is 59.2 Å². The maximum absolute atomic E-state index is 9.49. The second-order valence-corrected chi connectivity index (χ2v) is 4.06. The fourth-order valence-corrected chi connectivity index (χ4v) is 1.97. The van der Waals surface area contributed by atoms with Crippen molar-refractivity contribution in [1.29, 1.82) is 0 Å². The first kappa shape index (κ1) is 10.9. The zero-order valence-corrected chi connectivity index (χ0v) is 9.70. The molecule has 0 heterocycles. The Morgan fingerprint density at radius 3 is 2.25 bits per heavy atom. The summed E-state index contributed by atoms with van der Waals surface area (Å²) >= 11 is 0. The second-order valence-electron chi connectivity index (χ2n) is 4.06. The molecule has 2 rings (SSSR count). The lowest BCUT2D eigenvalue weighted by Crippen LogP contribution is -1.96. The highest BCUT2D eigenvalue weighted by Gasteiger charge is 2.08. The van der Waals surface area contributed by atoms with Gasteiger partial charge in [0.15, 0.2) is 0 Å².